The lowest BCUT2D eigenvalue weighted by Crippen LogP contribution is -2.32. The number of rotatable bonds is 2. The molecule has 0 unspecified atom stereocenters. The molecule has 0 aromatic heterocycles. The monoisotopic (exact) mass is 296 g/mol. The van der Waals surface area contributed by atoms with E-state index >= 15 is 0 Å². The number of hydrogen-bond acceptors (Lipinski definition) is 3. The van der Waals surface area contributed by atoms with Crippen molar-refractivity contribution < 1.29 is 14.4 Å². The van der Waals surface area contributed by atoms with E-state index in [1.807, 2.05) is 0 Å². The summed E-state index contributed by atoms with van der Waals surface area (Å²) in [6.45, 7) is 1.44. The molecule has 2 fully saturated rings. The van der Waals surface area contributed by atoms with Gasteiger partial charge in [0.1, 0.15) is 0 Å². The molecule has 1 heterocycles. The first-order valence-electron chi connectivity index (χ1n) is 7.50. The van der Waals surface area contributed by atoms with Gasteiger partial charge in [0.2, 0.25) is 17.7 Å². The van der Waals surface area contributed by atoms with Gasteiger partial charge in [0.25, 0.3) is 0 Å². The van der Waals surface area contributed by atoms with Crippen molar-refractivity contribution in [2.24, 2.45) is 23.7 Å². The average molecular weight is 296 g/mol. The molecule has 1 N–H and O–H groups in total. The first-order valence-corrected chi connectivity index (χ1v) is 7.50. The van der Waals surface area contributed by atoms with Crippen molar-refractivity contribution >= 4 is 29.1 Å². The summed E-state index contributed by atoms with van der Waals surface area (Å²) in [5.74, 6) is -0.253. The molecule has 22 heavy (non-hydrogen) atoms. The molecule has 5 nitrogen and oxygen atoms in total. The fourth-order valence-electron chi connectivity index (χ4n) is 4.05. The van der Waals surface area contributed by atoms with E-state index in [1.165, 1.54) is 11.8 Å². The molecule has 0 radical (unpaired) electrons. The molecule has 1 saturated heterocycles. The summed E-state index contributed by atoms with van der Waals surface area (Å²) in [5, 5.41) is 2.67. The van der Waals surface area contributed by atoms with Crippen molar-refractivity contribution in [3.05, 3.63) is 36.4 Å². The van der Waals surface area contributed by atoms with E-state index in [0.717, 1.165) is 6.42 Å². The summed E-state index contributed by atoms with van der Waals surface area (Å²) in [6.07, 6.45) is 5.10. The largest absolute Gasteiger partial charge is 0.326 e. The molecule has 3 aliphatic rings. The number of benzene rings is 1. The fourth-order valence-corrected chi connectivity index (χ4v) is 4.05. The Morgan fingerprint density at radius 1 is 1.05 bits per heavy atom. The number of carbonyl (C=O) groups is 3. The lowest BCUT2D eigenvalue weighted by atomic mass is 9.85. The number of allylic oxidation sites excluding steroid dienone is 2. The van der Waals surface area contributed by atoms with Crippen molar-refractivity contribution in [1.29, 1.82) is 0 Å². The Labute approximate surface area is 128 Å². The third kappa shape index (κ3) is 1.75. The predicted molar refractivity (Wildman–Crippen MR) is 81.0 cm³/mol. The lowest BCUT2D eigenvalue weighted by Gasteiger charge is -2.17. The highest BCUT2D eigenvalue weighted by Crippen LogP contribution is 2.53. The maximum atomic E-state index is 12.7. The van der Waals surface area contributed by atoms with Gasteiger partial charge in [-0.2, -0.15) is 0 Å². The third-order valence-corrected chi connectivity index (χ3v) is 4.92. The van der Waals surface area contributed by atoms with E-state index in [-0.39, 0.29) is 41.4 Å². The normalized spacial score (nSPS) is 31.8. The highest BCUT2D eigenvalue weighted by molar-refractivity contribution is 6.22. The van der Waals surface area contributed by atoms with Gasteiger partial charge < -0.3 is 5.32 Å². The summed E-state index contributed by atoms with van der Waals surface area (Å²) in [6, 6.07) is 6.82. The zero-order chi connectivity index (χ0) is 15.4. The van der Waals surface area contributed by atoms with Crippen LogP contribution in [-0.4, -0.2) is 17.7 Å². The number of carbonyl (C=O) groups excluding carboxylic acids is 3. The molecule has 5 heteroatoms. The van der Waals surface area contributed by atoms with Crippen molar-refractivity contribution in [2.45, 2.75) is 13.3 Å². The Balaban J connectivity index is 1.62. The van der Waals surface area contributed by atoms with Crippen LogP contribution in [0, 0.1) is 23.7 Å². The standard InChI is InChI=1S/C17H16N2O3/c1-9(20)18-12-4-6-13(7-5-12)19-16(21)14-10-2-3-11(8-10)15(14)17(19)22/h2-7,10-11,14-15H,8H2,1H3,(H,18,20)/t10-,11+,14-,15-/m0/s1. The highest BCUT2D eigenvalue weighted by Gasteiger charge is 2.59. The van der Waals surface area contributed by atoms with Crippen LogP contribution in [-0.2, 0) is 14.4 Å². The average Bonchev–Trinajstić information content (AvgIpc) is 3.14. The van der Waals surface area contributed by atoms with E-state index in [2.05, 4.69) is 17.5 Å². The lowest BCUT2D eigenvalue weighted by molar-refractivity contribution is -0.123. The Morgan fingerprint density at radius 2 is 1.59 bits per heavy atom. The first-order chi connectivity index (χ1) is 10.6. The van der Waals surface area contributed by atoms with Gasteiger partial charge >= 0.3 is 0 Å². The molecule has 4 atom stereocenters. The second-order valence-electron chi connectivity index (χ2n) is 6.24. The smallest absolute Gasteiger partial charge is 0.238 e. The minimum atomic E-state index is -0.183. The predicted octanol–water partition coefficient (Wildman–Crippen LogP) is 1.96. The highest BCUT2D eigenvalue weighted by atomic mass is 16.2. The van der Waals surface area contributed by atoms with Gasteiger partial charge in [-0.1, -0.05) is 12.2 Å². The Kier molecular flexibility index (Phi) is 2.73. The van der Waals surface area contributed by atoms with Crippen LogP contribution in [0.25, 0.3) is 0 Å². The topological polar surface area (TPSA) is 66.5 Å². The molecule has 3 amide bonds. The Bertz CT molecular complexity index is 677. The number of amides is 3. The zero-order valence-corrected chi connectivity index (χ0v) is 12.2. The quantitative estimate of drug-likeness (QED) is 0.670. The molecule has 0 spiro atoms. The van der Waals surface area contributed by atoms with Crippen LogP contribution in [0.5, 0.6) is 0 Å². The van der Waals surface area contributed by atoms with Crippen LogP contribution in [0.15, 0.2) is 36.4 Å². The summed E-state index contributed by atoms with van der Waals surface area (Å²) in [5.41, 5.74) is 1.23. The SMILES string of the molecule is CC(=O)Nc1ccc(N2C(=O)[C@@H]3[C@@H](C2=O)[C@H]2C=C[C@@H]3C2)cc1. The van der Waals surface area contributed by atoms with Crippen molar-refractivity contribution in [1.82, 2.24) is 0 Å². The van der Waals surface area contributed by atoms with Crippen LogP contribution in [0.1, 0.15) is 13.3 Å². The number of fused-ring (bicyclic) bond motifs is 5. The summed E-state index contributed by atoms with van der Waals surface area (Å²) < 4.78 is 0. The maximum Gasteiger partial charge on any atom is 0.238 e. The third-order valence-electron chi connectivity index (χ3n) is 4.92. The van der Waals surface area contributed by atoms with Gasteiger partial charge in [-0.05, 0) is 42.5 Å². The molecule has 2 aliphatic carbocycles. The Morgan fingerprint density at radius 3 is 2.09 bits per heavy atom. The summed E-state index contributed by atoms with van der Waals surface area (Å²) >= 11 is 0. The Hall–Kier alpha value is -2.43. The van der Waals surface area contributed by atoms with E-state index in [4.69, 9.17) is 0 Å². The molecular weight excluding hydrogens is 280 g/mol. The number of anilines is 2. The van der Waals surface area contributed by atoms with Crippen molar-refractivity contribution in [3.63, 3.8) is 0 Å². The van der Waals surface area contributed by atoms with Crippen LogP contribution < -0.4 is 10.2 Å². The van der Waals surface area contributed by atoms with Gasteiger partial charge in [-0.25, -0.2) is 0 Å². The minimum Gasteiger partial charge on any atom is -0.326 e. The van der Waals surface area contributed by atoms with Gasteiger partial charge in [0.15, 0.2) is 0 Å². The number of hydrogen-bond donors (Lipinski definition) is 1. The van der Waals surface area contributed by atoms with E-state index in [9.17, 15) is 14.4 Å². The summed E-state index contributed by atoms with van der Waals surface area (Å²) in [7, 11) is 0. The van der Waals surface area contributed by atoms with Crippen molar-refractivity contribution in [2.75, 3.05) is 10.2 Å². The molecule has 1 aromatic rings. The van der Waals surface area contributed by atoms with Gasteiger partial charge in [-0.3, -0.25) is 19.3 Å². The minimum absolute atomic E-state index is 0.0841. The molecule has 112 valence electrons. The molecule has 1 saturated carbocycles. The summed E-state index contributed by atoms with van der Waals surface area (Å²) in [4.78, 5) is 37.7. The van der Waals surface area contributed by atoms with Crippen molar-refractivity contribution in [3.8, 4) is 0 Å². The first kappa shape index (κ1) is 13.2. The molecule has 1 aliphatic heterocycles. The maximum absolute atomic E-state index is 12.7. The van der Waals surface area contributed by atoms with Crippen LogP contribution >= 0.6 is 0 Å². The van der Waals surface area contributed by atoms with Crippen LogP contribution in [0.3, 0.4) is 0 Å². The zero-order valence-electron chi connectivity index (χ0n) is 12.2. The molecule has 1 aromatic carbocycles. The number of nitrogens with one attached hydrogen (secondary N) is 1. The fraction of sp³-hybridized carbons (Fsp3) is 0.353. The van der Waals surface area contributed by atoms with E-state index < -0.39 is 0 Å². The number of imide groups is 1. The second kappa shape index (κ2) is 4.53. The molecular formula is C17H16N2O3. The number of nitrogens with zero attached hydrogens (tertiary/aromatic N) is 1. The van der Waals surface area contributed by atoms with E-state index in [0.29, 0.717) is 11.4 Å². The second-order valence-corrected chi connectivity index (χ2v) is 6.24. The van der Waals surface area contributed by atoms with Gasteiger partial charge in [0.05, 0.1) is 17.5 Å². The van der Waals surface area contributed by atoms with Crippen LogP contribution in [0.2, 0.25) is 0 Å². The molecule has 2 bridgehead atoms. The molecule has 4 rings (SSSR count). The van der Waals surface area contributed by atoms with Gasteiger partial charge in [-0.15, -0.1) is 0 Å². The van der Waals surface area contributed by atoms with Crippen LogP contribution in [0.4, 0.5) is 11.4 Å². The van der Waals surface area contributed by atoms with Gasteiger partial charge in [0, 0.05) is 12.6 Å². The van der Waals surface area contributed by atoms with E-state index in [1.54, 1.807) is 24.3 Å².